The van der Waals surface area contributed by atoms with Gasteiger partial charge in [0.1, 0.15) is 5.75 Å². The molecule has 5 heteroatoms. The molecule has 0 saturated heterocycles. The second-order valence-electron chi connectivity index (χ2n) is 6.26. The van der Waals surface area contributed by atoms with Crippen molar-refractivity contribution in [1.29, 1.82) is 0 Å². The van der Waals surface area contributed by atoms with Crippen LogP contribution in [0.4, 0.5) is 5.69 Å². The molecule has 4 rings (SSSR count). The second-order valence-corrected chi connectivity index (χ2v) is 6.26. The molecule has 1 N–H and O–H groups in total. The van der Waals surface area contributed by atoms with Crippen LogP contribution in [0.5, 0.6) is 5.75 Å². The molecule has 1 aliphatic rings. The molecule has 0 saturated carbocycles. The highest BCUT2D eigenvalue weighted by Crippen LogP contribution is 2.29. The van der Waals surface area contributed by atoms with Gasteiger partial charge >= 0.3 is 0 Å². The van der Waals surface area contributed by atoms with Crippen molar-refractivity contribution < 1.29 is 9.53 Å². The molecular weight excluding hydrogens is 326 g/mol. The van der Waals surface area contributed by atoms with Crippen LogP contribution in [-0.4, -0.2) is 22.3 Å². The molecule has 132 valence electrons. The quantitative estimate of drug-likeness (QED) is 0.759. The highest BCUT2D eigenvalue weighted by atomic mass is 16.5. The number of carbonyl (C=O) groups excluding carboxylic acids is 1. The van der Waals surface area contributed by atoms with Crippen molar-refractivity contribution in [3.63, 3.8) is 0 Å². The summed E-state index contributed by atoms with van der Waals surface area (Å²) in [6, 6.07) is 17.4. The summed E-state index contributed by atoms with van der Waals surface area (Å²) in [5.41, 5.74) is 4.35. The summed E-state index contributed by atoms with van der Waals surface area (Å²) >= 11 is 0. The Morgan fingerprint density at radius 2 is 1.88 bits per heavy atom. The Labute approximate surface area is 152 Å². The number of nitrogens with zero attached hydrogens (tertiary/aromatic N) is 2. The van der Waals surface area contributed by atoms with Crippen LogP contribution in [0.3, 0.4) is 0 Å². The number of carbonyl (C=O) groups is 1. The predicted octanol–water partition coefficient (Wildman–Crippen LogP) is 4.01. The summed E-state index contributed by atoms with van der Waals surface area (Å²) in [6.45, 7) is 2.47. The van der Waals surface area contributed by atoms with Crippen LogP contribution in [0.25, 0.3) is 5.69 Å². The van der Waals surface area contributed by atoms with E-state index in [4.69, 9.17) is 4.74 Å². The Hall–Kier alpha value is -3.08. The fourth-order valence-electron chi connectivity index (χ4n) is 3.44. The van der Waals surface area contributed by atoms with Gasteiger partial charge in [-0.2, -0.15) is 5.10 Å². The summed E-state index contributed by atoms with van der Waals surface area (Å²) in [5, 5.41) is 7.60. The highest BCUT2D eigenvalue weighted by Gasteiger charge is 2.27. The molecular formula is C21H21N3O2. The molecule has 0 radical (unpaired) electrons. The lowest BCUT2D eigenvalue weighted by molar-refractivity contribution is 0.102. The first-order chi connectivity index (χ1) is 12.8. The van der Waals surface area contributed by atoms with Gasteiger partial charge in [-0.3, -0.25) is 4.79 Å². The third kappa shape index (κ3) is 2.96. The average Bonchev–Trinajstić information content (AvgIpc) is 3.27. The Kier molecular flexibility index (Phi) is 4.44. The Balaban J connectivity index is 1.68. The molecule has 1 heterocycles. The van der Waals surface area contributed by atoms with Gasteiger partial charge in [0.15, 0.2) is 5.69 Å². The molecule has 0 spiro atoms. The maximum atomic E-state index is 12.9. The van der Waals surface area contributed by atoms with Crippen molar-refractivity contribution in [2.24, 2.45) is 0 Å². The van der Waals surface area contributed by atoms with E-state index >= 15 is 0 Å². The zero-order chi connectivity index (χ0) is 17.9. The van der Waals surface area contributed by atoms with E-state index in [0.717, 1.165) is 36.2 Å². The van der Waals surface area contributed by atoms with Gasteiger partial charge in [0.25, 0.3) is 5.91 Å². The van der Waals surface area contributed by atoms with Crippen LogP contribution in [0.2, 0.25) is 0 Å². The first-order valence-corrected chi connectivity index (χ1v) is 8.97. The number of rotatable bonds is 5. The van der Waals surface area contributed by atoms with Crippen LogP contribution in [-0.2, 0) is 12.8 Å². The molecule has 0 aliphatic heterocycles. The summed E-state index contributed by atoms with van der Waals surface area (Å²) < 4.78 is 7.51. The van der Waals surface area contributed by atoms with E-state index in [1.54, 1.807) is 0 Å². The van der Waals surface area contributed by atoms with Crippen molar-refractivity contribution in [2.75, 3.05) is 11.9 Å². The number of anilines is 1. The minimum atomic E-state index is -0.190. The number of benzene rings is 2. The lowest BCUT2D eigenvalue weighted by Crippen LogP contribution is -2.15. The van der Waals surface area contributed by atoms with Gasteiger partial charge in [-0.1, -0.05) is 30.3 Å². The molecule has 2 aromatic carbocycles. The van der Waals surface area contributed by atoms with E-state index in [1.807, 2.05) is 66.2 Å². The van der Waals surface area contributed by atoms with Crippen LogP contribution in [0.1, 0.15) is 35.1 Å². The Morgan fingerprint density at radius 3 is 2.69 bits per heavy atom. The van der Waals surface area contributed by atoms with Crippen LogP contribution in [0.15, 0.2) is 54.6 Å². The second kappa shape index (κ2) is 7.04. The van der Waals surface area contributed by atoms with Crippen molar-refractivity contribution in [3.8, 4) is 11.4 Å². The lowest BCUT2D eigenvalue weighted by Gasteiger charge is -2.10. The van der Waals surface area contributed by atoms with Crippen LogP contribution >= 0.6 is 0 Å². The first kappa shape index (κ1) is 16.4. The van der Waals surface area contributed by atoms with E-state index in [2.05, 4.69) is 10.4 Å². The normalized spacial score (nSPS) is 12.7. The Morgan fingerprint density at radius 1 is 1.12 bits per heavy atom. The molecule has 0 bridgehead atoms. The zero-order valence-corrected chi connectivity index (χ0v) is 14.7. The number of amides is 1. The fraction of sp³-hybridized carbons (Fsp3) is 0.238. The van der Waals surface area contributed by atoms with E-state index in [0.29, 0.717) is 23.7 Å². The number of ether oxygens (including phenoxy) is 1. The zero-order valence-electron chi connectivity index (χ0n) is 14.7. The van der Waals surface area contributed by atoms with Crippen LogP contribution in [0, 0.1) is 0 Å². The summed E-state index contributed by atoms with van der Waals surface area (Å²) in [6.07, 6.45) is 2.88. The molecule has 0 unspecified atom stereocenters. The largest absolute Gasteiger partial charge is 0.492 e. The summed E-state index contributed by atoms with van der Waals surface area (Å²) in [4.78, 5) is 12.9. The van der Waals surface area contributed by atoms with E-state index < -0.39 is 0 Å². The smallest absolute Gasteiger partial charge is 0.276 e. The maximum Gasteiger partial charge on any atom is 0.276 e. The molecule has 26 heavy (non-hydrogen) atoms. The van der Waals surface area contributed by atoms with Gasteiger partial charge in [-0.15, -0.1) is 0 Å². The number of hydrogen-bond donors (Lipinski definition) is 1. The minimum Gasteiger partial charge on any atom is -0.492 e. The average molecular weight is 347 g/mol. The van der Waals surface area contributed by atoms with Gasteiger partial charge in [-0.25, -0.2) is 4.68 Å². The van der Waals surface area contributed by atoms with Crippen LogP contribution < -0.4 is 10.1 Å². The van der Waals surface area contributed by atoms with E-state index in [9.17, 15) is 4.79 Å². The van der Waals surface area contributed by atoms with E-state index in [-0.39, 0.29) is 5.91 Å². The molecule has 3 aromatic rings. The van der Waals surface area contributed by atoms with E-state index in [1.165, 1.54) is 0 Å². The van der Waals surface area contributed by atoms with Gasteiger partial charge < -0.3 is 10.1 Å². The van der Waals surface area contributed by atoms with Gasteiger partial charge in [0.05, 0.1) is 18.0 Å². The van der Waals surface area contributed by atoms with Gasteiger partial charge in [0, 0.05) is 11.3 Å². The van der Waals surface area contributed by atoms with Crippen molar-refractivity contribution in [1.82, 2.24) is 9.78 Å². The third-order valence-corrected chi connectivity index (χ3v) is 4.58. The number of hydrogen-bond acceptors (Lipinski definition) is 3. The molecule has 1 aromatic heterocycles. The number of aromatic nitrogens is 2. The predicted molar refractivity (Wildman–Crippen MR) is 101 cm³/mol. The van der Waals surface area contributed by atoms with Crippen molar-refractivity contribution in [2.45, 2.75) is 26.2 Å². The monoisotopic (exact) mass is 347 g/mol. The minimum absolute atomic E-state index is 0.190. The Bertz CT molecular complexity index is 932. The maximum absolute atomic E-state index is 12.9. The highest BCUT2D eigenvalue weighted by molar-refractivity contribution is 6.05. The summed E-state index contributed by atoms with van der Waals surface area (Å²) in [7, 11) is 0. The third-order valence-electron chi connectivity index (χ3n) is 4.58. The topological polar surface area (TPSA) is 56.1 Å². The molecule has 0 atom stereocenters. The molecule has 5 nitrogen and oxygen atoms in total. The number of nitrogens with one attached hydrogen (secondary N) is 1. The molecule has 0 fully saturated rings. The molecule has 1 amide bonds. The van der Waals surface area contributed by atoms with Gasteiger partial charge in [-0.05, 0) is 50.5 Å². The number of para-hydroxylation sites is 3. The lowest BCUT2D eigenvalue weighted by atomic mass is 10.2. The summed E-state index contributed by atoms with van der Waals surface area (Å²) in [5.74, 6) is 0.479. The van der Waals surface area contributed by atoms with Crippen molar-refractivity contribution >= 4 is 11.6 Å². The van der Waals surface area contributed by atoms with Crippen molar-refractivity contribution in [3.05, 3.63) is 71.5 Å². The standard InChI is InChI=1S/C21H21N3O2/c1-2-26-19-14-7-6-12-17(19)22-21(25)20-16-11-8-13-18(16)24(23-20)15-9-4-3-5-10-15/h3-7,9-10,12,14H,2,8,11,13H2,1H3,(H,22,25). The first-order valence-electron chi connectivity index (χ1n) is 8.97. The fourth-order valence-corrected chi connectivity index (χ4v) is 3.44. The SMILES string of the molecule is CCOc1ccccc1NC(=O)c1nn(-c2ccccc2)c2c1CCC2. The van der Waals surface area contributed by atoms with Gasteiger partial charge in [0.2, 0.25) is 0 Å². The molecule has 1 aliphatic carbocycles. The number of fused-ring (bicyclic) bond motifs is 1.